The molecule has 0 aliphatic heterocycles. The lowest BCUT2D eigenvalue weighted by Crippen LogP contribution is -2.14. The van der Waals surface area contributed by atoms with E-state index in [1.54, 1.807) is 0 Å². The predicted octanol–water partition coefficient (Wildman–Crippen LogP) is 4.99. The Bertz CT molecular complexity index is 350. The van der Waals surface area contributed by atoms with Crippen molar-refractivity contribution >= 4 is 7.92 Å². The van der Waals surface area contributed by atoms with E-state index in [0.717, 1.165) is 11.3 Å². The Labute approximate surface area is 119 Å². The van der Waals surface area contributed by atoms with Crippen LogP contribution in [0.1, 0.15) is 57.1 Å². The average molecular weight is 275 g/mol. The second kappa shape index (κ2) is 6.84. The third-order valence-corrected chi connectivity index (χ3v) is 8.59. The van der Waals surface area contributed by atoms with Crippen LogP contribution in [0.15, 0.2) is 24.4 Å². The van der Waals surface area contributed by atoms with E-state index in [2.05, 4.69) is 17.1 Å². The second-order valence-corrected chi connectivity index (χ2v) is 9.12. The first-order valence-electron chi connectivity index (χ1n) is 8.09. The highest BCUT2D eigenvalue weighted by Gasteiger charge is 2.32. The number of pyridine rings is 1. The summed E-state index contributed by atoms with van der Waals surface area (Å²) in [4.78, 5) is 4.51. The Morgan fingerprint density at radius 3 is 2.11 bits per heavy atom. The van der Waals surface area contributed by atoms with E-state index in [-0.39, 0.29) is 7.92 Å². The number of aryl methyl sites for hydroxylation is 1. The molecule has 0 saturated heterocycles. The lowest BCUT2D eigenvalue weighted by atomic mass is 10.3. The zero-order valence-electron chi connectivity index (χ0n) is 11.9. The first-order chi connectivity index (χ1) is 9.43. The normalized spacial score (nSPS) is 21.5. The molecule has 0 amide bonds. The number of hydrogen-bond acceptors (Lipinski definition) is 1. The van der Waals surface area contributed by atoms with Crippen molar-refractivity contribution in [3.8, 4) is 0 Å². The fourth-order valence-electron chi connectivity index (χ4n) is 3.92. The van der Waals surface area contributed by atoms with Crippen LogP contribution in [0.25, 0.3) is 0 Å². The summed E-state index contributed by atoms with van der Waals surface area (Å²) in [6.45, 7) is 0. The summed E-state index contributed by atoms with van der Waals surface area (Å²) in [5, 5.41) is 0. The van der Waals surface area contributed by atoms with Crippen molar-refractivity contribution < 1.29 is 0 Å². The van der Waals surface area contributed by atoms with E-state index in [1.165, 1.54) is 69.6 Å². The largest absolute Gasteiger partial charge is 0.261 e. The van der Waals surface area contributed by atoms with E-state index in [0.29, 0.717) is 0 Å². The molecular weight excluding hydrogens is 249 g/mol. The fraction of sp³-hybridized carbons (Fsp3) is 0.706. The Morgan fingerprint density at radius 1 is 0.947 bits per heavy atom. The minimum Gasteiger partial charge on any atom is -0.261 e. The molecule has 1 nitrogen and oxygen atoms in total. The molecule has 1 aromatic rings. The molecule has 2 aliphatic carbocycles. The van der Waals surface area contributed by atoms with Gasteiger partial charge in [-0.1, -0.05) is 39.7 Å². The van der Waals surface area contributed by atoms with E-state index < -0.39 is 0 Å². The van der Waals surface area contributed by atoms with E-state index in [1.807, 2.05) is 12.3 Å². The molecule has 0 atom stereocenters. The third kappa shape index (κ3) is 3.57. The molecule has 19 heavy (non-hydrogen) atoms. The Balaban J connectivity index is 1.61. The molecule has 0 radical (unpaired) electrons. The molecule has 2 aliphatic rings. The minimum absolute atomic E-state index is 0.273. The maximum Gasteiger partial charge on any atom is 0.0407 e. The van der Waals surface area contributed by atoms with Crippen LogP contribution in [0.5, 0.6) is 0 Å². The van der Waals surface area contributed by atoms with Crippen molar-refractivity contribution in [1.29, 1.82) is 0 Å². The van der Waals surface area contributed by atoms with Crippen molar-refractivity contribution in [1.82, 2.24) is 4.98 Å². The summed E-state index contributed by atoms with van der Waals surface area (Å²) in [5.74, 6) is 0. The lowest BCUT2D eigenvalue weighted by Gasteiger charge is -2.30. The van der Waals surface area contributed by atoms with Crippen molar-refractivity contribution in [3.63, 3.8) is 0 Å². The predicted molar refractivity (Wildman–Crippen MR) is 84.2 cm³/mol. The van der Waals surface area contributed by atoms with Gasteiger partial charge in [0.25, 0.3) is 0 Å². The van der Waals surface area contributed by atoms with Crippen molar-refractivity contribution in [3.05, 3.63) is 30.1 Å². The quantitative estimate of drug-likeness (QED) is 0.690. The molecule has 0 aromatic carbocycles. The van der Waals surface area contributed by atoms with Crippen molar-refractivity contribution in [2.75, 3.05) is 6.16 Å². The van der Waals surface area contributed by atoms with Crippen LogP contribution < -0.4 is 0 Å². The van der Waals surface area contributed by atoms with Gasteiger partial charge < -0.3 is 0 Å². The van der Waals surface area contributed by atoms with Gasteiger partial charge in [-0.2, -0.15) is 0 Å². The maximum absolute atomic E-state index is 4.51. The molecule has 1 aromatic heterocycles. The first-order valence-corrected chi connectivity index (χ1v) is 9.75. The topological polar surface area (TPSA) is 12.9 Å². The zero-order chi connectivity index (χ0) is 12.9. The molecule has 0 spiro atoms. The van der Waals surface area contributed by atoms with Gasteiger partial charge in [-0.05, 0) is 61.7 Å². The van der Waals surface area contributed by atoms with Crippen molar-refractivity contribution in [2.24, 2.45) is 0 Å². The Morgan fingerprint density at radius 2 is 1.58 bits per heavy atom. The summed E-state index contributed by atoms with van der Waals surface area (Å²) in [6, 6.07) is 6.37. The molecule has 3 rings (SSSR count). The number of aromatic nitrogens is 1. The highest BCUT2D eigenvalue weighted by Crippen LogP contribution is 2.57. The van der Waals surface area contributed by atoms with E-state index >= 15 is 0 Å². The van der Waals surface area contributed by atoms with Crippen LogP contribution in [-0.4, -0.2) is 22.5 Å². The van der Waals surface area contributed by atoms with Gasteiger partial charge in [-0.25, -0.2) is 0 Å². The van der Waals surface area contributed by atoms with Crippen molar-refractivity contribution in [2.45, 2.75) is 69.1 Å². The molecule has 2 saturated carbocycles. The van der Waals surface area contributed by atoms with Gasteiger partial charge >= 0.3 is 0 Å². The summed E-state index contributed by atoms with van der Waals surface area (Å²) >= 11 is 0. The minimum atomic E-state index is 0.273. The highest BCUT2D eigenvalue weighted by molar-refractivity contribution is 7.59. The summed E-state index contributed by atoms with van der Waals surface area (Å²) in [7, 11) is 0.273. The fourth-order valence-corrected chi connectivity index (χ4v) is 7.80. The molecule has 1 heterocycles. The summed E-state index contributed by atoms with van der Waals surface area (Å²) < 4.78 is 0. The van der Waals surface area contributed by atoms with Crippen LogP contribution in [0.2, 0.25) is 0 Å². The van der Waals surface area contributed by atoms with Crippen LogP contribution in [-0.2, 0) is 6.42 Å². The van der Waals surface area contributed by atoms with Gasteiger partial charge in [0, 0.05) is 11.9 Å². The van der Waals surface area contributed by atoms with Crippen LogP contribution in [0.4, 0.5) is 0 Å². The SMILES string of the molecule is c1ccc(CCP(C2CCCC2)C2CCCC2)nc1. The zero-order valence-corrected chi connectivity index (χ0v) is 12.8. The molecule has 0 bridgehead atoms. The smallest absolute Gasteiger partial charge is 0.0407 e. The van der Waals surface area contributed by atoms with E-state index in [9.17, 15) is 0 Å². The van der Waals surface area contributed by atoms with Crippen LogP contribution in [0, 0.1) is 0 Å². The van der Waals surface area contributed by atoms with Gasteiger partial charge in [0.05, 0.1) is 0 Å². The summed E-state index contributed by atoms with van der Waals surface area (Å²) in [5.41, 5.74) is 3.51. The number of hydrogen-bond donors (Lipinski definition) is 0. The first kappa shape index (κ1) is 13.6. The molecular formula is C17H26NP. The van der Waals surface area contributed by atoms with Gasteiger partial charge in [-0.3, -0.25) is 4.98 Å². The standard InChI is InChI=1S/C17H26NP/c1-2-9-16(8-1)19(17-10-3-4-11-17)14-12-15-7-5-6-13-18-15/h5-7,13,16-17H,1-4,8-12,14H2. The van der Waals surface area contributed by atoms with Crippen LogP contribution >= 0.6 is 7.92 Å². The number of rotatable bonds is 5. The van der Waals surface area contributed by atoms with Gasteiger partial charge in [-0.15, -0.1) is 0 Å². The molecule has 0 N–H and O–H groups in total. The number of nitrogens with zero attached hydrogens (tertiary/aromatic N) is 1. The summed E-state index contributed by atoms with van der Waals surface area (Å²) in [6.07, 6.45) is 16.7. The monoisotopic (exact) mass is 275 g/mol. The Hall–Kier alpha value is -0.420. The van der Waals surface area contributed by atoms with E-state index in [4.69, 9.17) is 0 Å². The lowest BCUT2D eigenvalue weighted by molar-refractivity contribution is 0.819. The molecule has 0 unspecified atom stereocenters. The molecule has 104 valence electrons. The van der Waals surface area contributed by atoms with Gasteiger partial charge in [0.2, 0.25) is 0 Å². The average Bonchev–Trinajstić information content (AvgIpc) is 3.13. The van der Waals surface area contributed by atoms with Gasteiger partial charge in [0.1, 0.15) is 0 Å². The van der Waals surface area contributed by atoms with Crippen LogP contribution in [0.3, 0.4) is 0 Å². The highest BCUT2D eigenvalue weighted by atomic mass is 31.1. The maximum atomic E-state index is 4.51. The molecule has 2 heteroatoms. The molecule has 2 fully saturated rings. The third-order valence-electron chi connectivity index (χ3n) is 4.94. The Kier molecular flexibility index (Phi) is 4.88. The van der Waals surface area contributed by atoms with Gasteiger partial charge in [0.15, 0.2) is 0 Å². The second-order valence-electron chi connectivity index (χ2n) is 6.19.